The monoisotopic (exact) mass is 416 g/mol. The third-order valence-electron chi connectivity index (χ3n) is 4.37. The van der Waals surface area contributed by atoms with E-state index in [-0.39, 0.29) is 11.3 Å². The van der Waals surface area contributed by atoms with E-state index < -0.39 is 29.9 Å². The van der Waals surface area contributed by atoms with Crippen molar-refractivity contribution < 1.29 is 14.4 Å². The van der Waals surface area contributed by atoms with Crippen LogP contribution in [0.4, 0.5) is 10.5 Å². The van der Waals surface area contributed by atoms with Crippen molar-refractivity contribution in [1.29, 1.82) is 5.26 Å². The number of anilines is 1. The maximum Gasteiger partial charge on any atom is 0.325 e. The van der Waals surface area contributed by atoms with Crippen LogP contribution in [0.25, 0.3) is 0 Å². The molecule has 1 saturated heterocycles. The fraction of sp³-hybridized carbons (Fsp3) is 0.158. The largest absolute Gasteiger partial charge is 0.325 e. The standard InChI is InChI=1S/C19H14Cl2N4O3/c1-19(13-4-2-3-5-14(13)21)17(27)25(18(28)24-19)10-16(26)23-15-8-12(20)7-6-11(15)9-22/h2-8H,10H2,1H3,(H,23,26)(H,24,28). The number of urea groups is 1. The number of hydrogen-bond acceptors (Lipinski definition) is 4. The number of nitrogens with one attached hydrogen (secondary N) is 2. The number of rotatable bonds is 4. The van der Waals surface area contributed by atoms with Gasteiger partial charge in [0.1, 0.15) is 18.2 Å². The van der Waals surface area contributed by atoms with Gasteiger partial charge in [0.2, 0.25) is 5.91 Å². The average Bonchev–Trinajstić information content (AvgIpc) is 2.86. The molecule has 1 atom stereocenters. The molecule has 7 nitrogen and oxygen atoms in total. The van der Waals surface area contributed by atoms with Crippen molar-refractivity contribution in [2.24, 2.45) is 0 Å². The Morgan fingerprint density at radius 3 is 2.64 bits per heavy atom. The van der Waals surface area contributed by atoms with Gasteiger partial charge in [0.05, 0.1) is 11.3 Å². The summed E-state index contributed by atoms with van der Waals surface area (Å²) in [6, 6.07) is 12.3. The topological polar surface area (TPSA) is 102 Å². The number of amides is 4. The van der Waals surface area contributed by atoms with Gasteiger partial charge in [-0.15, -0.1) is 0 Å². The highest BCUT2D eigenvalue weighted by atomic mass is 35.5. The van der Waals surface area contributed by atoms with Gasteiger partial charge in [-0.25, -0.2) is 4.79 Å². The van der Waals surface area contributed by atoms with Gasteiger partial charge in [0, 0.05) is 15.6 Å². The normalized spacial score (nSPS) is 18.6. The molecule has 2 aromatic carbocycles. The minimum absolute atomic E-state index is 0.195. The van der Waals surface area contributed by atoms with Crippen molar-refractivity contribution in [3.63, 3.8) is 0 Å². The van der Waals surface area contributed by atoms with Gasteiger partial charge in [-0.3, -0.25) is 14.5 Å². The molecule has 1 fully saturated rings. The Hall–Kier alpha value is -3.08. The molecule has 1 aliphatic heterocycles. The SMILES string of the molecule is CC1(c2ccccc2Cl)NC(=O)N(CC(=O)Nc2cc(Cl)ccc2C#N)C1=O. The van der Waals surface area contributed by atoms with Crippen LogP contribution in [0.3, 0.4) is 0 Å². The van der Waals surface area contributed by atoms with Crippen molar-refractivity contribution in [3.8, 4) is 6.07 Å². The molecular weight excluding hydrogens is 403 g/mol. The number of carbonyl (C=O) groups is 3. The van der Waals surface area contributed by atoms with Crippen molar-refractivity contribution in [1.82, 2.24) is 10.2 Å². The molecule has 3 rings (SSSR count). The van der Waals surface area contributed by atoms with E-state index >= 15 is 0 Å². The third-order valence-corrected chi connectivity index (χ3v) is 4.93. The molecule has 0 radical (unpaired) electrons. The predicted octanol–water partition coefficient (Wildman–Crippen LogP) is 3.27. The second-order valence-electron chi connectivity index (χ2n) is 6.28. The van der Waals surface area contributed by atoms with Crippen LogP contribution in [0.1, 0.15) is 18.1 Å². The molecule has 1 aliphatic rings. The maximum atomic E-state index is 12.9. The zero-order valence-electron chi connectivity index (χ0n) is 14.6. The fourth-order valence-corrected chi connectivity index (χ4v) is 3.44. The molecule has 2 N–H and O–H groups in total. The van der Waals surface area contributed by atoms with E-state index in [1.807, 2.05) is 6.07 Å². The number of halogens is 2. The number of benzene rings is 2. The number of carbonyl (C=O) groups excluding carboxylic acids is 3. The molecule has 9 heteroatoms. The number of nitriles is 1. The van der Waals surface area contributed by atoms with Crippen molar-refractivity contribution >= 4 is 46.7 Å². The van der Waals surface area contributed by atoms with E-state index in [0.717, 1.165) is 4.90 Å². The summed E-state index contributed by atoms with van der Waals surface area (Å²) in [6.07, 6.45) is 0. The smallest absolute Gasteiger partial charge is 0.323 e. The Labute approximate surface area is 170 Å². The van der Waals surface area contributed by atoms with Gasteiger partial charge in [-0.2, -0.15) is 5.26 Å². The van der Waals surface area contributed by atoms with E-state index in [0.29, 0.717) is 15.6 Å². The second kappa shape index (κ2) is 7.50. The number of nitrogens with zero attached hydrogens (tertiary/aromatic N) is 2. The Bertz CT molecular complexity index is 1030. The zero-order valence-corrected chi connectivity index (χ0v) is 16.1. The van der Waals surface area contributed by atoms with Gasteiger partial charge >= 0.3 is 6.03 Å². The molecule has 0 saturated carbocycles. The Balaban J connectivity index is 1.80. The molecule has 0 spiro atoms. The summed E-state index contributed by atoms with van der Waals surface area (Å²) in [5, 5.41) is 14.9. The lowest BCUT2D eigenvalue weighted by atomic mass is 9.92. The van der Waals surface area contributed by atoms with Gasteiger partial charge in [0.15, 0.2) is 0 Å². The lowest BCUT2D eigenvalue weighted by Gasteiger charge is -2.23. The first kappa shape index (κ1) is 19.7. The zero-order chi connectivity index (χ0) is 20.5. The minimum Gasteiger partial charge on any atom is -0.323 e. The summed E-state index contributed by atoms with van der Waals surface area (Å²) in [7, 11) is 0. The van der Waals surface area contributed by atoms with E-state index in [1.165, 1.54) is 25.1 Å². The van der Waals surface area contributed by atoms with Gasteiger partial charge in [-0.05, 0) is 31.2 Å². The molecule has 1 unspecified atom stereocenters. The first-order valence-electron chi connectivity index (χ1n) is 8.15. The minimum atomic E-state index is -1.39. The highest BCUT2D eigenvalue weighted by Crippen LogP contribution is 2.33. The van der Waals surface area contributed by atoms with Gasteiger partial charge in [0.25, 0.3) is 5.91 Å². The Kier molecular flexibility index (Phi) is 5.27. The first-order valence-corrected chi connectivity index (χ1v) is 8.90. The highest BCUT2D eigenvalue weighted by Gasteiger charge is 2.50. The van der Waals surface area contributed by atoms with Crippen molar-refractivity contribution in [3.05, 3.63) is 63.6 Å². The summed E-state index contributed by atoms with van der Waals surface area (Å²) < 4.78 is 0. The van der Waals surface area contributed by atoms with Crippen LogP contribution in [-0.4, -0.2) is 29.3 Å². The van der Waals surface area contributed by atoms with Crippen LogP contribution in [0.2, 0.25) is 10.0 Å². The highest BCUT2D eigenvalue weighted by molar-refractivity contribution is 6.32. The summed E-state index contributed by atoms with van der Waals surface area (Å²) in [5.41, 5.74) is -0.555. The van der Waals surface area contributed by atoms with Crippen LogP contribution in [0.5, 0.6) is 0 Å². The third kappa shape index (κ3) is 3.52. The first-order chi connectivity index (χ1) is 13.3. The van der Waals surface area contributed by atoms with Gasteiger partial charge < -0.3 is 10.6 Å². The van der Waals surface area contributed by atoms with Crippen LogP contribution in [-0.2, 0) is 15.1 Å². The summed E-state index contributed by atoms with van der Waals surface area (Å²) in [4.78, 5) is 38.4. The van der Waals surface area contributed by atoms with Crippen LogP contribution in [0, 0.1) is 11.3 Å². The van der Waals surface area contributed by atoms with Crippen LogP contribution >= 0.6 is 23.2 Å². The molecule has 0 aromatic heterocycles. The number of hydrogen-bond donors (Lipinski definition) is 2. The second-order valence-corrected chi connectivity index (χ2v) is 7.12. The average molecular weight is 417 g/mol. The molecule has 2 aromatic rings. The lowest BCUT2D eigenvalue weighted by Crippen LogP contribution is -2.42. The Morgan fingerprint density at radius 1 is 1.25 bits per heavy atom. The van der Waals surface area contributed by atoms with Crippen LogP contribution in [0.15, 0.2) is 42.5 Å². The molecule has 0 bridgehead atoms. The van der Waals surface area contributed by atoms with E-state index in [4.69, 9.17) is 28.5 Å². The fourth-order valence-electron chi connectivity index (χ4n) is 2.94. The van der Waals surface area contributed by atoms with E-state index in [9.17, 15) is 14.4 Å². The molecule has 4 amide bonds. The predicted molar refractivity (Wildman–Crippen MR) is 104 cm³/mol. The van der Waals surface area contributed by atoms with Crippen molar-refractivity contribution in [2.45, 2.75) is 12.5 Å². The molecule has 142 valence electrons. The quantitative estimate of drug-likeness (QED) is 0.746. The van der Waals surface area contributed by atoms with E-state index in [1.54, 1.807) is 24.3 Å². The number of imide groups is 1. The summed E-state index contributed by atoms with van der Waals surface area (Å²) >= 11 is 12.1. The van der Waals surface area contributed by atoms with Gasteiger partial charge in [-0.1, -0.05) is 41.4 Å². The summed E-state index contributed by atoms with van der Waals surface area (Å²) in [5.74, 6) is -1.25. The molecule has 0 aliphatic carbocycles. The van der Waals surface area contributed by atoms with Crippen LogP contribution < -0.4 is 10.6 Å². The lowest BCUT2D eigenvalue weighted by molar-refractivity contribution is -0.133. The summed E-state index contributed by atoms with van der Waals surface area (Å²) in [6.45, 7) is 0.999. The molecule has 1 heterocycles. The Morgan fingerprint density at radius 2 is 1.96 bits per heavy atom. The maximum absolute atomic E-state index is 12.9. The molecule has 28 heavy (non-hydrogen) atoms. The van der Waals surface area contributed by atoms with E-state index in [2.05, 4.69) is 10.6 Å². The van der Waals surface area contributed by atoms with Crippen molar-refractivity contribution in [2.75, 3.05) is 11.9 Å². The molecular formula is C19H14Cl2N4O3.